The van der Waals surface area contributed by atoms with Crippen LogP contribution in [0.1, 0.15) is 39.0 Å². The molecular formula is C8H17NO2. The van der Waals surface area contributed by atoms with Crippen molar-refractivity contribution < 1.29 is 9.63 Å². The summed E-state index contributed by atoms with van der Waals surface area (Å²) in [7, 11) is 0. The molecule has 0 aliphatic carbocycles. The Balaban J connectivity index is 2.74. The number of rotatable bonds is 8. The van der Waals surface area contributed by atoms with Crippen LogP contribution in [0.25, 0.3) is 0 Å². The molecule has 0 atom stereocenters. The average molecular weight is 159 g/mol. The summed E-state index contributed by atoms with van der Waals surface area (Å²) in [6, 6.07) is 0. The van der Waals surface area contributed by atoms with Gasteiger partial charge in [-0.1, -0.05) is 32.6 Å². The Morgan fingerprint density at radius 1 is 1.27 bits per heavy atom. The molecule has 0 saturated carbocycles. The zero-order valence-electron chi connectivity index (χ0n) is 7.14. The van der Waals surface area contributed by atoms with Crippen LogP contribution in [0, 0.1) is 0 Å². The van der Waals surface area contributed by atoms with E-state index in [1.807, 2.05) is 0 Å². The van der Waals surface area contributed by atoms with Crippen LogP contribution in [-0.4, -0.2) is 13.0 Å². The third kappa shape index (κ3) is 9.43. The van der Waals surface area contributed by atoms with E-state index >= 15 is 0 Å². The van der Waals surface area contributed by atoms with Gasteiger partial charge in [-0.2, -0.15) is 0 Å². The SMILES string of the molecule is CCCCCCCONC=O. The smallest absolute Gasteiger partial charge is 0.230 e. The van der Waals surface area contributed by atoms with Crippen LogP contribution < -0.4 is 5.48 Å². The van der Waals surface area contributed by atoms with Gasteiger partial charge in [0, 0.05) is 0 Å². The highest BCUT2D eigenvalue weighted by Gasteiger charge is 1.88. The molecule has 3 heteroatoms. The monoisotopic (exact) mass is 159 g/mol. The Morgan fingerprint density at radius 2 is 2.00 bits per heavy atom. The van der Waals surface area contributed by atoms with Gasteiger partial charge in [0.15, 0.2) is 0 Å². The quantitative estimate of drug-likeness (QED) is 0.332. The molecule has 0 bridgehead atoms. The minimum Gasteiger partial charge on any atom is -0.277 e. The van der Waals surface area contributed by atoms with Gasteiger partial charge in [-0.3, -0.25) is 9.63 Å². The second kappa shape index (κ2) is 9.43. The van der Waals surface area contributed by atoms with Gasteiger partial charge < -0.3 is 0 Å². The summed E-state index contributed by atoms with van der Waals surface area (Å²) in [6.07, 6.45) is 6.58. The Morgan fingerprint density at radius 3 is 2.64 bits per heavy atom. The Hall–Kier alpha value is -0.570. The number of hydrogen-bond acceptors (Lipinski definition) is 2. The Kier molecular flexibility index (Phi) is 8.94. The largest absolute Gasteiger partial charge is 0.277 e. The van der Waals surface area contributed by atoms with E-state index in [1.165, 1.54) is 25.7 Å². The van der Waals surface area contributed by atoms with Crippen molar-refractivity contribution in [1.82, 2.24) is 5.48 Å². The van der Waals surface area contributed by atoms with Gasteiger partial charge in [0.25, 0.3) is 0 Å². The highest BCUT2D eigenvalue weighted by molar-refractivity contribution is 5.43. The molecule has 0 fully saturated rings. The van der Waals surface area contributed by atoms with Crippen LogP contribution in [-0.2, 0) is 9.63 Å². The fraction of sp³-hybridized carbons (Fsp3) is 0.875. The van der Waals surface area contributed by atoms with Gasteiger partial charge in [-0.05, 0) is 6.42 Å². The van der Waals surface area contributed by atoms with Gasteiger partial charge in [0.2, 0.25) is 6.41 Å². The fourth-order valence-corrected chi connectivity index (χ4v) is 0.871. The van der Waals surface area contributed by atoms with E-state index in [0.717, 1.165) is 6.42 Å². The standard InChI is InChI=1S/C8H17NO2/c1-2-3-4-5-6-7-11-9-8-10/h8H,2-7H2,1H3,(H,9,10). The molecule has 0 aromatic carbocycles. The summed E-state index contributed by atoms with van der Waals surface area (Å²) in [6.45, 7) is 2.81. The molecular weight excluding hydrogens is 142 g/mol. The lowest BCUT2D eigenvalue weighted by atomic mass is 10.2. The van der Waals surface area contributed by atoms with Crippen molar-refractivity contribution in [3.63, 3.8) is 0 Å². The van der Waals surface area contributed by atoms with E-state index in [4.69, 9.17) is 4.84 Å². The number of hydrogen-bond donors (Lipinski definition) is 1. The lowest BCUT2D eigenvalue weighted by molar-refractivity contribution is -0.120. The molecule has 3 nitrogen and oxygen atoms in total. The molecule has 1 amide bonds. The number of unbranched alkanes of at least 4 members (excludes halogenated alkanes) is 4. The highest BCUT2D eigenvalue weighted by Crippen LogP contribution is 2.01. The van der Waals surface area contributed by atoms with E-state index in [9.17, 15) is 4.79 Å². The molecule has 0 aromatic rings. The number of carbonyl (C=O) groups excluding carboxylic acids is 1. The van der Waals surface area contributed by atoms with Crippen molar-refractivity contribution in [3.8, 4) is 0 Å². The maximum absolute atomic E-state index is 9.70. The Bertz CT molecular complexity index is 86.2. The first kappa shape index (κ1) is 10.4. The van der Waals surface area contributed by atoms with Gasteiger partial charge in [0.05, 0.1) is 6.61 Å². The molecule has 11 heavy (non-hydrogen) atoms. The third-order valence-corrected chi connectivity index (χ3v) is 1.48. The lowest BCUT2D eigenvalue weighted by Gasteiger charge is -1.99. The van der Waals surface area contributed by atoms with Crippen molar-refractivity contribution in [3.05, 3.63) is 0 Å². The second-order valence-corrected chi connectivity index (χ2v) is 2.50. The molecule has 0 saturated heterocycles. The third-order valence-electron chi connectivity index (χ3n) is 1.48. The van der Waals surface area contributed by atoms with Gasteiger partial charge in [-0.15, -0.1) is 0 Å². The van der Waals surface area contributed by atoms with Crippen LogP contribution >= 0.6 is 0 Å². The van der Waals surface area contributed by atoms with Crippen molar-refractivity contribution >= 4 is 6.41 Å². The summed E-state index contributed by atoms with van der Waals surface area (Å²) in [5.41, 5.74) is 2.16. The van der Waals surface area contributed by atoms with Crippen LogP contribution in [0.2, 0.25) is 0 Å². The number of nitrogens with one attached hydrogen (secondary N) is 1. The van der Waals surface area contributed by atoms with E-state index in [-0.39, 0.29) is 0 Å². The first-order valence-corrected chi connectivity index (χ1v) is 4.22. The van der Waals surface area contributed by atoms with E-state index < -0.39 is 0 Å². The van der Waals surface area contributed by atoms with Crippen LogP contribution in [0.5, 0.6) is 0 Å². The van der Waals surface area contributed by atoms with E-state index in [2.05, 4.69) is 12.4 Å². The molecule has 0 aliphatic heterocycles. The molecule has 0 aliphatic rings. The van der Waals surface area contributed by atoms with Crippen LogP contribution in [0.15, 0.2) is 0 Å². The van der Waals surface area contributed by atoms with Crippen molar-refractivity contribution in [2.24, 2.45) is 0 Å². The van der Waals surface area contributed by atoms with Crippen LogP contribution in [0.3, 0.4) is 0 Å². The minimum atomic E-state index is 0.548. The molecule has 66 valence electrons. The number of carbonyl (C=O) groups is 1. The van der Waals surface area contributed by atoms with E-state index in [0.29, 0.717) is 13.0 Å². The predicted octanol–water partition coefficient (Wildman–Crippen LogP) is 1.63. The van der Waals surface area contributed by atoms with Crippen molar-refractivity contribution in [1.29, 1.82) is 0 Å². The Labute approximate surface area is 68.1 Å². The maximum atomic E-state index is 9.70. The summed E-state index contributed by atoms with van der Waals surface area (Å²) in [5, 5.41) is 0. The highest BCUT2D eigenvalue weighted by atomic mass is 16.6. The molecule has 0 aromatic heterocycles. The zero-order chi connectivity index (χ0) is 8.36. The second-order valence-electron chi connectivity index (χ2n) is 2.50. The summed E-state index contributed by atoms with van der Waals surface area (Å²) >= 11 is 0. The molecule has 0 unspecified atom stereocenters. The minimum absolute atomic E-state index is 0.548. The predicted molar refractivity (Wildman–Crippen MR) is 43.9 cm³/mol. The average Bonchev–Trinajstić information content (AvgIpc) is 2.03. The summed E-state index contributed by atoms with van der Waals surface area (Å²) in [4.78, 5) is 14.4. The molecule has 0 radical (unpaired) electrons. The molecule has 1 N–H and O–H groups in total. The summed E-state index contributed by atoms with van der Waals surface area (Å²) < 4.78 is 0. The maximum Gasteiger partial charge on any atom is 0.230 e. The van der Waals surface area contributed by atoms with Gasteiger partial charge in [0.1, 0.15) is 0 Å². The fourth-order valence-electron chi connectivity index (χ4n) is 0.871. The van der Waals surface area contributed by atoms with Gasteiger partial charge >= 0.3 is 0 Å². The summed E-state index contributed by atoms with van der Waals surface area (Å²) in [5.74, 6) is 0. The van der Waals surface area contributed by atoms with Crippen molar-refractivity contribution in [2.75, 3.05) is 6.61 Å². The van der Waals surface area contributed by atoms with Gasteiger partial charge in [-0.25, -0.2) is 5.48 Å². The molecule has 0 heterocycles. The first-order chi connectivity index (χ1) is 5.41. The first-order valence-electron chi connectivity index (χ1n) is 4.22. The van der Waals surface area contributed by atoms with Crippen LogP contribution in [0.4, 0.5) is 0 Å². The molecule has 0 spiro atoms. The van der Waals surface area contributed by atoms with Crippen molar-refractivity contribution in [2.45, 2.75) is 39.0 Å². The lowest BCUT2D eigenvalue weighted by Crippen LogP contribution is -2.12. The topological polar surface area (TPSA) is 38.3 Å². The normalized spacial score (nSPS) is 9.55. The number of amides is 1. The van der Waals surface area contributed by atoms with E-state index in [1.54, 1.807) is 0 Å². The number of hydroxylamine groups is 1. The molecule has 0 rings (SSSR count). The zero-order valence-corrected chi connectivity index (χ0v) is 7.14.